The van der Waals surface area contributed by atoms with Gasteiger partial charge in [0.1, 0.15) is 11.4 Å². The van der Waals surface area contributed by atoms with E-state index in [1.54, 1.807) is 6.07 Å². The van der Waals surface area contributed by atoms with E-state index in [4.69, 9.17) is 5.73 Å². The first-order chi connectivity index (χ1) is 8.42. The van der Waals surface area contributed by atoms with Crippen LogP contribution in [-0.4, -0.2) is 34.7 Å². The summed E-state index contributed by atoms with van der Waals surface area (Å²) in [7, 11) is 0. The number of anilines is 1. The fourth-order valence-corrected chi connectivity index (χ4v) is 2.15. The van der Waals surface area contributed by atoms with Crippen molar-refractivity contribution in [3.05, 3.63) is 23.6 Å². The van der Waals surface area contributed by atoms with Crippen LogP contribution in [0.25, 0.3) is 0 Å². The quantitative estimate of drug-likeness (QED) is 0.745. The molecule has 1 aliphatic heterocycles. The van der Waals surface area contributed by atoms with Crippen LogP contribution < -0.4 is 10.6 Å². The number of hydrogen-bond acceptors (Lipinski definition) is 4. The molecule has 0 radical (unpaired) electrons. The molecule has 0 aliphatic carbocycles. The van der Waals surface area contributed by atoms with Gasteiger partial charge in [-0.25, -0.2) is 4.98 Å². The minimum Gasteiger partial charge on any atom is -0.380 e. The number of carbonyl (C=O) groups is 1. The van der Waals surface area contributed by atoms with Gasteiger partial charge in [0.25, 0.3) is 0 Å². The number of primary amides is 1. The molecule has 1 saturated heterocycles. The molecule has 0 bridgehead atoms. The molecule has 1 aromatic heterocycles. The molecule has 18 heavy (non-hydrogen) atoms. The Balaban J connectivity index is 2.15. The van der Waals surface area contributed by atoms with Crippen molar-refractivity contribution in [2.24, 2.45) is 5.73 Å². The van der Waals surface area contributed by atoms with E-state index in [-0.39, 0.29) is 12.8 Å². The summed E-state index contributed by atoms with van der Waals surface area (Å²) in [6, 6.07) is 2.97. The maximum Gasteiger partial charge on any atom is 0.249 e. The summed E-state index contributed by atoms with van der Waals surface area (Å²) >= 11 is 0. The first kappa shape index (κ1) is 12.8. The van der Waals surface area contributed by atoms with Crippen LogP contribution in [0.1, 0.15) is 18.4 Å². The average Bonchev–Trinajstić information content (AvgIpc) is 2.33. The molecule has 0 atom stereocenters. The molecule has 3 N–H and O–H groups in total. The fourth-order valence-electron chi connectivity index (χ4n) is 2.15. The van der Waals surface area contributed by atoms with Crippen LogP contribution in [0.15, 0.2) is 12.1 Å². The zero-order chi connectivity index (χ0) is 13.3. The third-order valence-electron chi connectivity index (χ3n) is 3.39. The molecular formula is C12H16FN3O2. The van der Waals surface area contributed by atoms with E-state index < -0.39 is 17.5 Å². The summed E-state index contributed by atoms with van der Waals surface area (Å²) in [5, 5.41) is 9.94. The van der Waals surface area contributed by atoms with Crippen LogP contribution in [0, 0.1) is 12.9 Å². The Hall–Kier alpha value is -1.69. The molecule has 1 aromatic rings. The van der Waals surface area contributed by atoms with Crippen molar-refractivity contribution in [1.29, 1.82) is 0 Å². The number of aromatic nitrogens is 1. The van der Waals surface area contributed by atoms with E-state index >= 15 is 0 Å². The second-order valence-corrected chi connectivity index (χ2v) is 4.66. The number of halogens is 1. The lowest BCUT2D eigenvalue weighted by Crippen LogP contribution is -2.52. The fraction of sp³-hybridized carbons (Fsp3) is 0.500. The van der Waals surface area contributed by atoms with Crippen molar-refractivity contribution < 1.29 is 14.3 Å². The predicted octanol–water partition coefficient (Wildman–Crippen LogP) is 0.346. The summed E-state index contributed by atoms with van der Waals surface area (Å²) in [5.41, 5.74) is 4.57. The zero-order valence-corrected chi connectivity index (χ0v) is 10.2. The van der Waals surface area contributed by atoms with Crippen LogP contribution in [-0.2, 0) is 4.79 Å². The molecule has 0 unspecified atom stereocenters. The van der Waals surface area contributed by atoms with E-state index in [9.17, 15) is 14.3 Å². The molecule has 1 aliphatic rings. The van der Waals surface area contributed by atoms with Crippen molar-refractivity contribution in [2.45, 2.75) is 25.4 Å². The van der Waals surface area contributed by atoms with Crippen LogP contribution in [0.4, 0.5) is 10.2 Å². The van der Waals surface area contributed by atoms with E-state index in [1.165, 1.54) is 6.07 Å². The molecule has 2 rings (SSSR count). The highest BCUT2D eigenvalue weighted by atomic mass is 19.1. The van der Waals surface area contributed by atoms with Gasteiger partial charge in [-0.1, -0.05) is 6.07 Å². The van der Waals surface area contributed by atoms with Crippen molar-refractivity contribution in [3.63, 3.8) is 0 Å². The van der Waals surface area contributed by atoms with Gasteiger partial charge >= 0.3 is 0 Å². The monoisotopic (exact) mass is 253 g/mol. The topological polar surface area (TPSA) is 79.4 Å². The van der Waals surface area contributed by atoms with Gasteiger partial charge in [0.05, 0.1) is 0 Å². The van der Waals surface area contributed by atoms with Gasteiger partial charge < -0.3 is 15.7 Å². The number of nitrogens with zero attached hydrogens (tertiary/aromatic N) is 2. The predicted molar refractivity (Wildman–Crippen MR) is 64.5 cm³/mol. The molecule has 98 valence electrons. The Morgan fingerprint density at radius 2 is 2.11 bits per heavy atom. The maximum absolute atomic E-state index is 13.1. The largest absolute Gasteiger partial charge is 0.380 e. The minimum atomic E-state index is -1.45. The second-order valence-electron chi connectivity index (χ2n) is 4.66. The number of aryl methyl sites for hydroxylation is 1. The molecule has 0 spiro atoms. The summed E-state index contributed by atoms with van der Waals surface area (Å²) in [6.07, 6.45) is 0.472. The Morgan fingerprint density at radius 1 is 1.50 bits per heavy atom. The van der Waals surface area contributed by atoms with Gasteiger partial charge in [-0.2, -0.15) is 4.39 Å². The number of piperidine rings is 1. The highest BCUT2D eigenvalue weighted by Crippen LogP contribution is 2.26. The molecule has 1 amide bonds. The summed E-state index contributed by atoms with van der Waals surface area (Å²) in [4.78, 5) is 16.8. The second kappa shape index (κ2) is 4.53. The number of hydrogen-bond donors (Lipinski definition) is 2. The maximum atomic E-state index is 13.1. The summed E-state index contributed by atoms with van der Waals surface area (Å²) < 4.78 is 13.1. The van der Waals surface area contributed by atoms with Crippen LogP contribution in [0.3, 0.4) is 0 Å². The highest BCUT2D eigenvalue weighted by molar-refractivity contribution is 5.83. The molecule has 2 heterocycles. The molecule has 0 saturated carbocycles. The molecule has 1 fully saturated rings. The summed E-state index contributed by atoms with van der Waals surface area (Å²) in [5.74, 6) is -0.682. The zero-order valence-electron chi connectivity index (χ0n) is 10.2. The standard InChI is InChI=1S/C12H16FN3O2/c1-8-2-3-9(13)15-10(8)16-6-4-12(18,5-7-16)11(14)17/h2-3,18H,4-7H2,1H3,(H2,14,17). The lowest BCUT2D eigenvalue weighted by molar-refractivity contribution is -0.138. The lowest BCUT2D eigenvalue weighted by Gasteiger charge is -2.37. The number of carbonyl (C=O) groups excluding carboxylic acids is 1. The van der Waals surface area contributed by atoms with E-state index in [1.807, 2.05) is 11.8 Å². The Bertz CT molecular complexity index is 470. The van der Waals surface area contributed by atoms with Gasteiger partial charge in [-0.05, 0) is 18.6 Å². The van der Waals surface area contributed by atoms with Gasteiger partial charge in [-0.15, -0.1) is 0 Å². The summed E-state index contributed by atoms with van der Waals surface area (Å²) in [6.45, 7) is 2.70. The van der Waals surface area contributed by atoms with Crippen LogP contribution in [0.2, 0.25) is 0 Å². The molecule has 5 nitrogen and oxygen atoms in total. The lowest BCUT2D eigenvalue weighted by atomic mass is 9.90. The van der Waals surface area contributed by atoms with Crippen molar-refractivity contribution in [2.75, 3.05) is 18.0 Å². The Morgan fingerprint density at radius 3 is 2.67 bits per heavy atom. The number of nitrogens with two attached hydrogens (primary N) is 1. The SMILES string of the molecule is Cc1ccc(F)nc1N1CCC(O)(C(N)=O)CC1. The Labute approximate surface area is 104 Å². The molecular weight excluding hydrogens is 237 g/mol. The van der Waals surface area contributed by atoms with Gasteiger partial charge in [0.2, 0.25) is 11.9 Å². The van der Waals surface area contributed by atoms with Gasteiger partial charge in [-0.3, -0.25) is 4.79 Å². The number of pyridine rings is 1. The third-order valence-corrected chi connectivity index (χ3v) is 3.39. The van der Waals surface area contributed by atoms with E-state index in [0.29, 0.717) is 18.9 Å². The van der Waals surface area contributed by atoms with E-state index in [2.05, 4.69) is 4.98 Å². The van der Waals surface area contributed by atoms with Crippen molar-refractivity contribution >= 4 is 11.7 Å². The van der Waals surface area contributed by atoms with Crippen LogP contribution in [0.5, 0.6) is 0 Å². The average molecular weight is 253 g/mol. The Kier molecular flexibility index (Phi) is 3.21. The number of aliphatic hydroxyl groups is 1. The van der Waals surface area contributed by atoms with Gasteiger partial charge in [0, 0.05) is 25.9 Å². The minimum absolute atomic E-state index is 0.236. The smallest absolute Gasteiger partial charge is 0.249 e. The highest BCUT2D eigenvalue weighted by Gasteiger charge is 2.38. The van der Waals surface area contributed by atoms with Gasteiger partial charge in [0.15, 0.2) is 0 Å². The number of amides is 1. The number of rotatable bonds is 2. The van der Waals surface area contributed by atoms with Crippen molar-refractivity contribution in [3.8, 4) is 0 Å². The van der Waals surface area contributed by atoms with Crippen LogP contribution >= 0.6 is 0 Å². The first-order valence-corrected chi connectivity index (χ1v) is 5.83. The van der Waals surface area contributed by atoms with Crippen molar-refractivity contribution in [1.82, 2.24) is 4.98 Å². The molecule has 6 heteroatoms. The van der Waals surface area contributed by atoms with E-state index in [0.717, 1.165) is 5.56 Å². The normalized spacial score (nSPS) is 18.7. The first-order valence-electron chi connectivity index (χ1n) is 5.83. The molecule has 0 aromatic carbocycles. The third kappa shape index (κ3) is 2.28.